The highest BCUT2D eigenvalue weighted by Gasteiger charge is 2.19. The molecule has 1 unspecified atom stereocenters. The Hall–Kier alpha value is -4.45. The molecule has 0 saturated carbocycles. The number of unbranched alkanes of at least 4 members (excludes halogenated alkanes) is 25. The summed E-state index contributed by atoms with van der Waals surface area (Å²) in [5, 5.41) is 0. The van der Waals surface area contributed by atoms with Crippen molar-refractivity contribution in [3.8, 4) is 0 Å². The zero-order valence-electron chi connectivity index (χ0n) is 51.3. The second-order valence-electron chi connectivity index (χ2n) is 21.3. The van der Waals surface area contributed by atoms with Gasteiger partial charge in [0.1, 0.15) is 13.2 Å². The molecule has 0 N–H and O–H groups in total. The second-order valence-corrected chi connectivity index (χ2v) is 21.3. The molecule has 0 heterocycles. The van der Waals surface area contributed by atoms with Crippen molar-refractivity contribution in [3.05, 3.63) is 134 Å². The fourth-order valence-electron chi connectivity index (χ4n) is 8.79. The molecule has 1 atom stereocenters. The molecule has 448 valence electrons. The molecule has 0 radical (unpaired) electrons. The van der Waals surface area contributed by atoms with Gasteiger partial charge in [0.25, 0.3) is 0 Å². The van der Waals surface area contributed by atoms with Crippen molar-refractivity contribution >= 4 is 17.9 Å². The van der Waals surface area contributed by atoms with Gasteiger partial charge < -0.3 is 14.2 Å². The third kappa shape index (κ3) is 64.3. The second kappa shape index (κ2) is 66.1. The first-order valence-corrected chi connectivity index (χ1v) is 32.7. The third-order valence-corrected chi connectivity index (χ3v) is 13.6. The normalized spacial score (nSPS) is 13.0. The first kappa shape index (κ1) is 74.5. The summed E-state index contributed by atoms with van der Waals surface area (Å²) in [6.45, 7) is 6.39. The summed E-state index contributed by atoms with van der Waals surface area (Å²) in [4.78, 5) is 38.3. The van der Waals surface area contributed by atoms with Crippen LogP contribution in [0.1, 0.15) is 290 Å². The molecule has 0 saturated heterocycles. The molecular formula is C73H120O6. The van der Waals surface area contributed by atoms with Crippen LogP contribution in [0.3, 0.4) is 0 Å². The van der Waals surface area contributed by atoms with E-state index < -0.39 is 6.10 Å². The van der Waals surface area contributed by atoms with Gasteiger partial charge in [-0.05, 0) is 135 Å². The van der Waals surface area contributed by atoms with Gasteiger partial charge in [-0.1, -0.05) is 270 Å². The highest BCUT2D eigenvalue weighted by Crippen LogP contribution is 2.15. The van der Waals surface area contributed by atoms with E-state index >= 15 is 0 Å². The lowest BCUT2D eigenvalue weighted by atomic mass is 10.1. The van der Waals surface area contributed by atoms with Crippen LogP contribution in [0.2, 0.25) is 0 Å². The van der Waals surface area contributed by atoms with Crippen LogP contribution in [0.25, 0.3) is 0 Å². The van der Waals surface area contributed by atoms with Crippen LogP contribution in [-0.2, 0) is 28.6 Å². The molecular weight excluding hydrogens is 973 g/mol. The summed E-state index contributed by atoms with van der Waals surface area (Å²) in [6.07, 6.45) is 93.1. The first-order valence-electron chi connectivity index (χ1n) is 32.7. The van der Waals surface area contributed by atoms with E-state index in [9.17, 15) is 14.4 Å². The van der Waals surface area contributed by atoms with Crippen LogP contribution in [0.5, 0.6) is 0 Å². The maximum Gasteiger partial charge on any atom is 0.306 e. The average molecular weight is 1090 g/mol. The van der Waals surface area contributed by atoms with E-state index in [-0.39, 0.29) is 31.1 Å². The van der Waals surface area contributed by atoms with Gasteiger partial charge in [-0.3, -0.25) is 14.4 Å². The zero-order valence-corrected chi connectivity index (χ0v) is 51.3. The van der Waals surface area contributed by atoms with Gasteiger partial charge in [0, 0.05) is 19.3 Å². The fourth-order valence-corrected chi connectivity index (χ4v) is 8.79. The number of hydrogen-bond acceptors (Lipinski definition) is 6. The number of hydrogen-bond donors (Lipinski definition) is 0. The van der Waals surface area contributed by atoms with Crippen LogP contribution in [0.4, 0.5) is 0 Å². The minimum atomic E-state index is -0.796. The average Bonchev–Trinajstić information content (AvgIpc) is 3.45. The van der Waals surface area contributed by atoms with Crippen LogP contribution in [0, 0.1) is 0 Å². The van der Waals surface area contributed by atoms with E-state index in [1.807, 2.05) is 0 Å². The van der Waals surface area contributed by atoms with Gasteiger partial charge in [0.05, 0.1) is 0 Å². The van der Waals surface area contributed by atoms with E-state index in [2.05, 4.69) is 154 Å². The minimum absolute atomic E-state index is 0.0916. The van der Waals surface area contributed by atoms with Gasteiger partial charge in [0.2, 0.25) is 0 Å². The maximum atomic E-state index is 12.9. The van der Waals surface area contributed by atoms with E-state index in [0.29, 0.717) is 19.3 Å². The molecule has 0 aliphatic heterocycles. The molecule has 0 amide bonds. The lowest BCUT2D eigenvalue weighted by molar-refractivity contribution is -0.167. The number of allylic oxidation sites excluding steroid dienone is 22. The largest absolute Gasteiger partial charge is 0.462 e. The Morgan fingerprint density at radius 3 is 0.785 bits per heavy atom. The SMILES string of the molecule is CC/C=C\C/C=C\C/C=C\C/C=C\C/C=C\C/C=C\CCCCCCCCCCCCC(=O)OCC(COC(=O)CCCCCCC/C=C\CCCCCC)OC(=O)CCCCCCCC/C=C\C/C=C\C/C=C\C/C=C\CC. The Morgan fingerprint density at radius 1 is 0.266 bits per heavy atom. The van der Waals surface area contributed by atoms with Crippen molar-refractivity contribution < 1.29 is 28.6 Å². The summed E-state index contributed by atoms with van der Waals surface area (Å²) in [6, 6.07) is 0. The van der Waals surface area contributed by atoms with Gasteiger partial charge in [0.15, 0.2) is 6.10 Å². The van der Waals surface area contributed by atoms with E-state index in [1.165, 1.54) is 109 Å². The summed E-state index contributed by atoms with van der Waals surface area (Å²) in [5.41, 5.74) is 0. The zero-order chi connectivity index (χ0) is 57.1. The van der Waals surface area contributed by atoms with Crippen LogP contribution in [-0.4, -0.2) is 37.2 Å². The number of ether oxygens (including phenoxy) is 3. The molecule has 0 aromatic carbocycles. The van der Waals surface area contributed by atoms with Crippen molar-refractivity contribution in [2.24, 2.45) is 0 Å². The predicted molar refractivity (Wildman–Crippen MR) is 343 cm³/mol. The molecule has 0 fully saturated rings. The lowest BCUT2D eigenvalue weighted by Crippen LogP contribution is -2.30. The van der Waals surface area contributed by atoms with Gasteiger partial charge in [-0.2, -0.15) is 0 Å². The Morgan fingerprint density at radius 2 is 0.494 bits per heavy atom. The molecule has 0 aromatic rings. The highest BCUT2D eigenvalue weighted by atomic mass is 16.6. The van der Waals surface area contributed by atoms with Crippen molar-refractivity contribution in [2.75, 3.05) is 13.2 Å². The maximum absolute atomic E-state index is 12.9. The minimum Gasteiger partial charge on any atom is -0.462 e. The summed E-state index contributed by atoms with van der Waals surface area (Å²) in [5.74, 6) is -0.915. The molecule has 0 aliphatic rings. The summed E-state index contributed by atoms with van der Waals surface area (Å²) >= 11 is 0. The molecule has 0 aromatic heterocycles. The topological polar surface area (TPSA) is 78.9 Å². The Labute approximate surface area is 487 Å². The van der Waals surface area contributed by atoms with Crippen molar-refractivity contribution in [3.63, 3.8) is 0 Å². The quantitative estimate of drug-likeness (QED) is 0.0261. The van der Waals surface area contributed by atoms with Crippen molar-refractivity contribution in [1.29, 1.82) is 0 Å². The molecule has 6 nitrogen and oxygen atoms in total. The third-order valence-electron chi connectivity index (χ3n) is 13.6. The Bertz CT molecular complexity index is 1680. The number of carbonyl (C=O) groups excluding carboxylic acids is 3. The Balaban J connectivity index is 4.34. The molecule has 0 spiro atoms. The lowest BCUT2D eigenvalue weighted by Gasteiger charge is -2.18. The first-order chi connectivity index (χ1) is 39.0. The molecule has 0 bridgehead atoms. The Kier molecular flexibility index (Phi) is 62.3. The number of carbonyl (C=O) groups is 3. The van der Waals surface area contributed by atoms with E-state index in [1.54, 1.807) is 0 Å². The monoisotopic (exact) mass is 1090 g/mol. The standard InChI is InChI=1S/C73H120O6/c1-4-7-10-13-16-19-22-25-27-29-31-32-33-34-35-36-37-38-39-40-42-43-45-48-51-54-57-60-63-66-72(75)78-69-70(68-77-71(74)65-62-59-56-53-50-47-24-21-18-15-12-9-6-3)79-73(76)67-64-61-58-55-52-49-46-44-41-30-28-26-23-20-17-14-11-8-5-2/h7-8,10-11,16-17,19-21,24-28,31-32,34-35,37-38,41,44,70H,4-6,9,12-15,18,22-23,29-30,33,36,39-40,42-43,45-69H2,1-3H3/b10-7-,11-8-,19-16-,20-17-,24-21-,27-25-,28-26-,32-31-,35-34-,38-37-,44-41-. The van der Waals surface area contributed by atoms with E-state index in [0.717, 1.165) is 141 Å². The summed E-state index contributed by atoms with van der Waals surface area (Å²) < 4.78 is 16.9. The van der Waals surface area contributed by atoms with Gasteiger partial charge in [-0.25, -0.2) is 0 Å². The van der Waals surface area contributed by atoms with Crippen molar-refractivity contribution in [2.45, 2.75) is 297 Å². The molecule has 79 heavy (non-hydrogen) atoms. The fraction of sp³-hybridized carbons (Fsp3) is 0.658. The van der Waals surface area contributed by atoms with Crippen LogP contribution >= 0.6 is 0 Å². The van der Waals surface area contributed by atoms with Gasteiger partial charge >= 0.3 is 17.9 Å². The molecule has 0 aliphatic carbocycles. The summed E-state index contributed by atoms with van der Waals surface area (Å²) in [7, 11) is 0. The van der Waals surface area contributed by atoms with Crippen LogP contribution < -0.4 is 0 Å². The molecule has 6 heteroatoms. The van der Waals surface area contributed by atoms with Crippen LogP contribution in [0.15, 0.2) is 134 Å². The number of rotatable bonds is 58. The predicted octanol–water partition coefficient (Wildman–Crippen LogP) is 22.5. The van der Waals surface area contributed by atoms with Gasteiger partial charge in [-0.15, -0.1) is 0 Å². The number of esters is 3. The van der Waals surface area contributed by atoms with E-state index in [4.69, 9.17) is 14.2 Å². The highest BCUT2D eigenvalue weighted by molar-refractivity contribution is 5.71. The van der Waals surface area contributed by atoms with Crippen molar-refractivity contribution in [1.82, 2.24) is 0 Å². The molecule has 0 rings (SSSR count). The smallest absolute Gasteiger partial charge is 0.306 e.